The summed E-state index contributed by atoms with van der Waals surface area (Å²) in [5.41, 5.74) is 4.05. The third-order valence-corrected chi connectivity index (χ3v) is 7.46. The minimum Gasteiger partial charge on any atom is -0.436 e. The number of para-hydroxylation sites is 2. The number of carbonyl (C=O) groups excluding carboxylic acids is 3. The van der Waals surface area contributed by atoms with Crippen LogP contribution in [0.15, 0.2) is 94.7 Å². The molecule has 3 amide bonds. The number of nitrogens with zero attached hydrogens (tertiary/aromatic N) is 3. The van der Waals surface area contributed by atoms with E-state index in [9.17, 15) is 14.4 Å². The Labute approximate surface area is 222 Å². The molecule has 0 spiro atoms. The van der Waals surface area contributed by atoms with Crippen molar-refractivity contribution in [3.63, 3.8) is 0 Å². The summed E-state index contributed by atoms with van der Waals surface area (Å²) in [6.45, 7) is 2.16. The summed E-state index contributed by atoms with van der Waals surface area (Å²) in [6, 6.07) is 24.6. The number of benzene rings is 3. The van der Waals surface area contributed by atoms with Gasteiger partial charge >= 0.3 is 0 Å². The summed E-state index contributed by atoms with van der Waals surface area (Å²) in [4.78, 5) is 48.5. The van der Waals surface area contributed by atoms with Gasteiger partial charge in [-0.3, -0.25) is 14.4 Å². The van der Waals surface area contributed by atoms with Gasteiger partial charge in [0, 0.05) is 16.0 Å². The molecule has 0 aliphatic carbocycles. The highest BCUT2D eigenvalue weighted by molar-refractivity contribution is 7.09. The van der Waals surface area contributed by atoms with Crippen LogP contribution in [-0.4, -0.2) is 33.6 Å². The van der Waals surface area contributed by atoms with Gasteiger partial charge in [0.2, 0.25) is 11.8 Å². The number of aromatic nitrogens is 1. The molecule has 1 fully saturated rings. The summed E-state index contributed by atoms with van der Waals surface area (Å²) in [7, 11) is 0. The number of hydrogen-bond donors (Lipinski definition) is 0. The SMILES string of the molecule is Cc1cccc(C(=O)N(Cc2cccs2)C2CC(=O)N(c3ccc(-c4nc5ccccc5o4)cc3)C2=O)c1. The zero-order valence-electron chi connectivity index (χ0n) is 20.5. The highest BCUT2D eigenvalue weighted by Crippen LogP contribution is 2.31. The molecule has 0 radical (unpaired) electrons. The van der Waals surface area contributed by atoms with Crippen molar-refractivity contribution in [1.29, 1.82) is 0 Å². The smallest absolute Gasteiger partial charge is 0.257 e. The van der Waals surface area contributed by atoms with E-state index in [1.807, 2.05) is 60.8 Å². The quantitative estimate of drug-likeness (QED) is 0.262. The van der Waals surface area contributed by atoms with Gasteiger partial charge in [-0.15, -0.1) is 11.3 Å². The van der Waals surface area contributed by atoms with E-state index >= 15 is 0 Å². The Kier molecular flexibility index (Phi) is 6.09. The Hall–Kier alpha value is -4.56. The van der Waals surface area contributed by atoms with Crippen LogP contribution in [-0.2, 0) is 16.1 Å². The van der Waals surface area contributed by atoms with Crippen molar-refractivity contribution in [2.45, 2.75) is 25.9 Å². The maximum absolute atomic E-state index is 13.6. The number of thiophene rings is 1. The van der Waals surface area contributed by atoms with Crippen LogP contribution in [0, 0.1) is 6.92 Å². The summed E-state index contributed by atoms with van der Waals surface area (Å²) < 4.78 is 5.84. The molecular weight excluding hydrogens is 498 g/mol. The summed E-state index contributed by atoms with van der Waals surface area (Å²) in [6.07, 6.45) is -0.0748. The summed E-state index contributed by atoms with van der Waals surface area (Å²) in [5, 5.41) is 1.93. The summed E-state index contributed by atoms with van der Waals surface area (Å²) >= 11 is 1.51. The molecule has 8 heteroatoms. The van der Waals surface area contributed by atoms with Crippen molar-refractivity contribution in [3.05, 3.63) is 106 Å². The van der Waals surface area contributed by atoms with Crippen molar-refractivity contribution < 1.29 is 18.8 Å². The molecule has 188 valence electrons. The van der Waals surface area contributed by atoms with E-state index in [1.165, 1.54) is 21.1 Å². The van der Waals surface area contributed by atoms with Crippen LogP contribution >= 0.6 is 11.3 Å². The number of carbonyl (C=O) groups is 3. The highest BCUT2D eigenvalue weighted by atomic mass is 32.1. The normalized spacial score (nSPS) is 15.4. The van der Waals surface area contributed by atoms with E-state index in [4.69, 9.17) is 4.42 Å². The minimum atomic E-state index is -0.894. The first-order chi connectivity index (χ1) is 18.5. The Morgan fingerprint density at radius 2 is 1.84 bits per heavy atom. The number of anilines is 1. The number of fused-ring (bicyclic) bond motifs is 1. The average molecular weight is 522 g/mol. The van der Waals surface area contributed by atoms with Crippen LogP contribution in [0.3, 0.4) is 0 Å². The molecule has 0 N–H and O–H groups in total. The monoisotopic (exact) mass is 521 g/mol. The van der Waals surface area contributed by atoms with Gasteiger partial charge in [-0.05, 0) is 66.9 Å². The molecule has 1 saturated heterocycles. The Bertz CT molecular complexity index is 1620. The molecule has 3 aromatic carbocycles. The molecule has 1 aliphatic heterocycles. The molecule has 0 bridgehead atoms. The number of amides is 3. The predicted octanol–water partition coefficient (Wildman–Crippen LogP) is 5.84. The number of rotatable bonds is 6. The lowest BCUT2D eigenvalue weighted by Crippen LogP contribution is -2.45. The second-order valence-electron chi connectivity index (χ2n) is 9.20. The molecule has 0 saturated carbocycles. The van der Waals surface area contributed by atoms with Crippen LogP contribution in [0.25, 0.3) is 22.6 Å². The second kappa shape index (κ2) is 9.72. The van der Waals surface area contributed by atoms with Gasteiger partial charge in [0.25, 0.3) is 11.8 Å². The van der Waals surface area contributed by atoms with E-state index in [0.29, 0.717) is 22.7 Å². The van der Waals surface area contributed by atoms with Gasteiger partial charge in [-0.2, -0.15) is 0 Å². The fourth-order valence-corrected chi connectivity index (χ4v) is 5.42. The number of hydrogen-bond acceptors (Lipinski definition) is 6. The largest absolute Gasteiger partial charge is 0.436 e. The lowest BCUT2D eigenvalue weighted by atomic mass is 10.1. The van der Waals surface area contributed by atoms with E-state index in [-0.39, 0.29) is 24.8 Å². The second-order valence-corrected chi connectivity index (χ2v) is 10.2. The summed E-state index contributed by atoms with van der Waals surface area (Å²) in [5.74, 6) is -0.577. The molecule has 3 heterocycles. The molecule has 38 heavy (non-hydrogen) atoms. The van der Waals surface area contributed by atoms with Gasteiger partial charge in [0.05, 0.1) is 18.7 Å². The third kappa shape index (κ3) is 4.39. The maximum atomic E-state index is 13.6. The molecule has 2 aromatic heterocycles. The van der Waals surface area contributed by atoms with Crippen molar-refractivity contribution in [2.75, 3.05) is 4.90 Å². The van der Waals surface area contributed by atoms with Crippen LogP contribution in [0.2, 0.25) is 0 Å². The fraction of sp³-hybridized carbons (Fsp3) is 0.133. The van der Waals surface area contributed by atoms with Crippen molar-refractivity contribution in [1.82, 2.24) is 9.88 Å². The van der Waals surface area contributed by atoms with Crippen molar-refractivity contribution in [3.8, 4) is 11.5 Å². The topological polar surface area (TPSA) is 83.7 Å². The molecule has 1 unspecified atom stereocenters. The van der Waals surface area contributed by atoms with E-state index in [1.54, 1.807) is 36.4 Å². The molecule has 6 rings (SSSR count). The first-order valence-electron chi connectivity index (χ1n) is 12.2. The Morgan fingerprint density at radius 3 is 2.58 bits per heavy atom. The zero-order valence-corrected chi connectivity index (χ0v) is 21.4. The van der Waals surface area contributed by atoms with E-state index in [0.717, 1.165) is 21.5 Å². The molecule has 1 atom stereocenters. The van der Waals surface area contributed by atoms with Crippen LogP contribution < -0.4 is 4.90 Å². The number of aryl methyl sites for hydroxylation is 1. The Morgan fingerprint density at radius 1 is 1.03 bits per heavy atom. The van der Waals surface area contributed by atoms with Gasteiger partial charge in [0.1, 0.15) is 11.6 Å². The van der Waals surface area contributed by atoms with E-state index < -0.39 is 11.9 Å². The third-order valence-electron chi connectivity index (χ3n) is 6.60. The van der Waals surface area contributed by atoms with Gasteiger partial charge in [0.15, 0.2) is 5.58 Å². The lowest BCUT2D eigenvalue weighted by Gasteiger charge is -2.27. The van der Waals surface area contributed by atoms with Crippen molar-refractivity contribution >= 4 is 45.8 Å². The Balaban J connectivity index is 1.28. The molecule has 5 aromatic rings. The lowest BCUT2D eigenvalue weighted by molar-refractivity contribution is -0.122. The highest BCUT2D eigenvalue weighted by Gasteiger charge is 2.44. The molecule has 1 aliphatic rings. The number of imide groups is 1. The van der Waals surface area contributed by atoms with Gasteiger partial charge < -0.3 is 9.32 Å². The molecular formula is C30H23N3O4S. The van der Waals surface area contributed by atoms with Gasteiger partial charge in [-0.25, -0.2) is 9.88 Å². The predicted molar refractivity (Wildman–Crippen MR) is 146 cm³/mol. The fourth-order valence-electron chi connectivity index (χ4n) is 4.72. The van der Waals surface area contributed by atoms with Crippen LogP contribution in [0.4, 0.5) is 5.69 Å². The standard InChI is InChI=1S/C30H23N3O4S/c1-19-6-4-7-21(16-19)29(35)32(18-23-8-5-15-38-23)25-17-27(34)33(30(25)36)22-13-11-20(12-14-22)28-31-24-9-2-3-10-26(24)37-28/h2-16,25H,17-18H2,1H3. The molecule has 7 nitrogen and oxygen atoms in total. The van der Waals surface area contributed by atoms with Crippen molar-refractivity contribution in [2.24, 2.45) is 0 Å². The van der Waals surface area contributed by atoms with E-state index in [2.05, 4.69) is 4.98 Å². The minimum absolute atomic E-state index is 0.0748. The first-order valence-corrected chi connectivity index (χ1v) is 13.1. The zero-order chi connectivity index (χ0) is 26.2. The van der Waals surface area contributed by atoms with Crippen LogP contribution in [0.5, 0.6) is 0 Å². The maximum Gasteiger partial charge on any atom is 0.257 e. The number of oxazole rings is 1. The van der Waals surface area contributed by atoms with Gasteiger partial charge in [-0.1, -0.05) is 35.9 Å². The average Bonchev–Trinajstić information content (AvgIpc) is 3.66. The van der Waals surface area contributed by atoms with Crippen LogP contribution in [0.1, 0.15) is 27.2 Å². The first kappa shape index (κ1) is 23.8.